The molecule has 1 aliphatic rings. The first-order chi connectivity index (χ1) is 6.72. The van der Waals surface area contributed by atoms with Crippen molar-refractivity contribution in [2.75, 3.05) is 13.6 Å². The number of aliphatic hydroxyl groups excluding tert-OH is 1. The highest BCUT2D eigenvalue weighted by molar-refractivity contribution is 5.46. The monoisotopic (exact) mass is 195 g/mol. The van der Waals surface area contributed by atoms with E-state index in [4.69, 9.17) is 0 Å². The first-order valence-electron chi connectivity index (χ1n) is 4.91. The molecule has 14 heavy (non-hydrogen) atoms. The topological polar surface area (TPSA) is 40.5 Å². The van der Waals surface area contributed by atoms with Crippen LogP contribution in [0.25, 0.3) is 0 Å². The van der Waals surface area contributed by atoms with E-state index in [9.17, 15) is 9.90 Å². The average molecular weight is 195 g/mol. The van der Waals surface area contributed by atoms with Gasteiger partial charge in [0.1, 0.15) is 0 Å². The third-order valence-corrected chi connectivity index (χ3v) is 2.22. The molecule has 1 amide bonds. The Balaban J connectivity index is 2.32. The summed E-state index contributed by atoms with van der Waals surface area (Å²) in [5.41, 5.74) is 1.17. The summed E-state index contributed by atoms with van der Waals surface area (Å²) >= 11 is 0. The Morgan fingerprint density at radius 1 is 1.64 bits per heavy atom. The van der Waals surface area contributed by atoms with E-state index in [1.807, 2.05) is 6.08 Å². The Labute approximate surface area is 84.7 Å². The lowest BCUT2D eigenvalue weighted by Crippen LogP contribution is -2.28. The quantitative estimate of drug-likeness (QED) is 0.667. The van der Waals surface area contributed by atoms with Gasteiger partial charge in [-0.05, 0) is 24.8 Å². The fraction of sp³-hybridized carbons (Fsp3) is 0.545. The zero-order chi connectivity index (χ0) is 10.4. The third-order valence-electron chi connectivity index (χ3n) is 2.22. The van der Waals surface area contributed by atoms with E-state index in [0.29, 0.717) is 13.0 Å². The Morgan fingerprint density at radius 2 is 2.43 bits per heavy atom. The summed E-state index contributed by atoms with van der Waals surface area (Å²) in [5, 5.41) is 9.63. The predicted molar refractivity (Wildman–Crippen MR) is 55.8 cm³/mol. The van der Waals surface area contributed by atoms with Crippen molar-refractivity contribution < 1.29 is 9.90 Å². The SMILES string of the molecule is CN(C=O)CC(O)CC1=CCCC=C1. The second-order valence-electron chi connectivity index (χ2n) is 3.66. The van der Waals surface area contributed by atoms with Crippen molar-refractivity contribution in [2.24, 2.45) is 0 Å². The van der Waals surface area contributed by atoms with E-state index in [-0.39, 0.29) is 0 Å². The van der Waals surface area contributed by atoms with E-state index in [1.165, 1.54) is 10.5 Å². The van der Waals surface area contributed by atoms with Crippen LogP contribution < -0.4 is 0 Å². The molecule has 0 aromatic heterocycles. The highest BCUT2D eigenvalue weighted by atomic mass is 16.3. The molecule has 0 bridgehead atoms. The minimum atomic E-state index is -0.459. The van der Waals surface area contributed by atoms with Crippen LogP contribution in [0.5, 0.6) is 0 Å². The second-order valence-corrected chi connectivity index (χ2v) is 3.66. The van der Waals surface area contributed by atoms with Crippen molar-refractivity contribution in [3.05, 3.63) is 23.8 Å². The molecule has 0 fully saturated rings. The molecule has 0 aromatic rings. The maximum atomic E-state index is 10.3. The number of allylic oxidation sites excluding steroid dienone is 3. The first kappa shape index (κ1) is 11.0. The summed E-state index contributed by atoms with van der Waals surface area (Å²) in [6.07, 6.45) is 9.36. The molecule has 78 valence electrons. The van der Waals surface area contributed by atoms with Gasteiger partial charge in [-0.2, -0.15) is 0 Å². The van der Waals surface area contributed by atoms with Crippen molar-refractivity contribution in [1.29, 1.82) is 0 Å². The zero-order valence-electron chi connectivity index (χ0n) is 8.52. The second kappa shape index (κ2) is 5.60. The van der Waals surface area contributed by atoms with Crippen LogP contribution in [0.3, 0.4) is 0 Å². The standard InChI is InChI=1S/C11H17NO2/c1-12(9-13)8-11(14)7-10-5-3-2-4-6-10/h3,5-6,9,11,14H,2,4,7-8H2,1H3. The largest absolute Gasteiger partial charge is 0.391 e. The Kier molecular flexibility index (Phi) is 4.40. The van der Waals surface area contributed by atoms with Gasteiger partial charge in [0.25, 0.3) is 0 Å². The van der Waals surface area contributed by atoms with Gasteiger partial charge in [0.2, 0.25) is 6.41 Å². The van der Waals surface area contributed by atoms with Crippen LogP contribution in [0.4, 0.5) is 0 Å². The zero-order valence-corrected chi connectivity index (χ0v) is 8.52. The highest BCUT2D eigenvalue weighted by Crippen LogP contribution is 2.14. The molecule has 0 saturated heterocycles. The fourth-order valence-electron chi connectivity index (χ4n) is 1.53. The summed E-state index contributed by atoms with van der Waals surface area (Å²) in [6.45, 7) is 0.397. The Bertz CT molecular complexity index is 246. The summed E-state index contributed by atoms with van der Waals surface area (Å²) in [7, 11) is 1.67. The van der Waals surface area contributed by atoms with E-state index < -0.39 is 6.10 Å². The molecule has 3 nitrogen and oxygen atoms in total. The van der Waals surface area contributed by atoms with Gasteiger partial charge < -0.3 is 10.0 Å². The summed E-state index contributed by atoms with van der Waals surface area (Å²) < 4.78 is 0. The van der Waals surface area contributed by atoms with E-state index in [0.717, 1.165) is 19.3 Å². The normalized spacial score (nSPS) is 17.4. The Morgan fingerprint density at radius 3 is 3.00 bits per heavy atom. The predicted octanol–water partition coefficient (Wildman–Crippen LogP) is 1.10. The lowest BCUT2D eigenvalue weighted by atomic mass is 10.0. The number of rotatable bonds is 5. The van der Waals surface area contributed by atoms with Crippen molar-refractivity contribution in [1.82, 2.24) is 4.90 Å². The fourth-order valence-corrected chi connectivity index (χ4v) is 1.53. The minimum absolute atomic E-state index is 0.397. The van der Waals surface area contributed by atoms with Gasteiger partial charge in [0.05, 0.1) is 6.10 Å². The van der Waals surface area contributed by atoms with Crippen LogP contribution in [-0.4, -0.2) is 36.1 Å². The van der Waals surface area contributed by atoms with Crippen molar-refractivity contribution in [3.8, 4) is 0 Å². The number of carbonyl (C=O) groups excluding carboxylic acids is 1. The summed E-state index contributed by atoms with van der Waals surface area (Å²) in [6, 6.07) is 0. The third kappa shape index (κ3) is 3.75. The molecule has 0 aliphatic heterocycles. The van der Waals surface area contributed by atoms with Crippen molar-refractivity contribution >= 4 is 6.41 Å². The van der Waals surface area contributed by atoms with E-state index >= 15 is 0 Å². The van der Waals surface area contributed by atoms with E-state index in [2.05, 4.69) is 12.2 Å². The van der Waals surface area contributed by atoms with Crippen LogP contribution in [0.1, 0.15) is 19.3 Å². The Hall–Kier alpha value is -1.09. The molecule has 3 heteroatoms. The van der Waals surface area contributed by atoms with Gasteiger partial charge in [-0.15, -0.1) is 0 Å². The number of nitrogens with zero attached hydrogens (tertiary/aromatic N) is 1. The molecule has 0 heterocycles. The smallest absolute Gasteiger partial charge is 0.209 e. The summed E-state index contributed by atoms with van der Waals surface area (Å²) in [5.74, 6) is 0. The molecule has 1 N–H and O–H groups in total. The molecule has 0 aromatic carbocycles. The molecular formula is C11H17NO2. The number of carbonyl (C=O) groups is 1. The lowest BCUT2D eigenvalue weighted by molar-refractivity contribution is -0.118. The molecule has 0 saturated carbocycles. The van der Waals surface area contributed by atoms with Gasteiger partial charge in [-0.3, -0.25) is 4.79 Å². The van der Waals surface area contributed by atoms with Gasteiger partial charge >= 0.3 is 0 Å². The van der Waals surface area contributed by atoms with Gasteiger partial charge in [-0.1, -0.05) is 18.2 Å². The van der Waals surface area contributed by atoms with Crippen LogP contribution in [0.15, 0.2) is 23.8 Å². The molecule has 1 rings (SSSR count). The van der Waals surface area contributed by atoms with Gasteiger partial charge in [0.15, 0.2) is 0 Å². The van der Waals surface area contributed by atoms with E-state index in [1.54, 1.807) is 7.05 Å². The van der Waals surface area contributed by atoms with Gasteiger partial charge in [-0.25, -0.2) is 0 Å². The molecular weight excluding hydrogens is 178 g/mol. The number of aliphatic hydroxyl groups is 1. The molecule has 1 aliphatic carbocycles. The maximum absolute atomic E-state index is 10.3. The van der Waals surface area contributed by atoms with Crippen LogP contribution in [0, 0.1) is 0 Å². The van der Waals surface area contributed by atoms with Crippen molar-refractivity contribution in [3.63, 3.8) is 0 Å². The molecule has 1 unspecified atom stereocenters. The van der Waals surface area contributed by atoms with Crippen LogP contribution >= 0.6 is 0 Å². The summed E-state index contributed by atoms with van der Waals surface area (Å²) in [4.78, 5) is 11.8. The lowest BCUT2D eigenvalue weighted by Gasteiger charge is -2.17. The highest BCUT2D eigenvalue weighted by Gasteiger charge is 2.09. The number of hydrogen-bond donors (Lipinski definition) is 1. The van der Waals surface area contributed by atoms with Crippen LogP contribution in [0.2, 0.25) is 0 Å². The van der Waals surface area contributed by atoms with Crippen LogP contribution in [-0.2, 0) is 4.79 Å². The number of likely N-dealkylation sites (N-methyl/N-ethyl adjacent to an activating group) is 1. The minimum Gasteiger partial charge on any atom is -0.391 e. The number of hydrogen-bond acceptors (Lipinski definition) is 2. The molecule has 0 spiro atoms. The van der Waals surface area contributed by atoms with Gasteiger partial charge in [0, 0.05) is 13.6 Å². The molecule has 0 radical (unpaired) electrons. The molecule has 1 atom stereocenters. The average Bonchev–Trinajstić information content (AvgIpc) is 2.19. The van der Waals surface area contributed by atoms with Crippen molar-refractivity contribution in [2.45, 2.75) is 25.4 Å². The maximum Gasteiger partial charge on any atom is 0.209 e. The number of amides is 1. The first-order valence-corrected chi connectivity index (χ1v) is 4.91.